The lowest BCUT2D eigenvalue weighted by Gasteiger charge is -2.30. The molecular weight excluding hydrogens is 299 g/mol. The Morgan fingerprint density at radius 2 is 2.09 bits per heavy atom. The zero-order valence-corrected chi connectivity index (χ0v) is 11.3. The van der Waals surface area contributed by atoms with Crippen molar-refractivity contribution < 1.29 is 27.2 Å². The number of anilines is 1. The van der Waals surface area contributed by atoms with Crippen molar-refractivity contribution in [2.75, 3.05) is 5.06 Å². The molecule has 2 aliphatic heterocycles. The summed E-state index contributed by atoms with van der Waals surface area (Å²) in [5.41, 5.74) is 2.56. The fraction of sp³-hybridized carbons (Fsp3) is 0.333. The van der Waals surface area contributed by atoms with Crippen LogP contribution in [-0.4, -0.2) is 12.5 Å². The molecule has 7 heteroatoms. The monoisotopic (exact) mass is 311 g/mol. The number of rotatable bonds is 2. The Kier molecular flexibility index (Phi) is 2.87. The van der Waals surface area contributed by atoms with E-state index < -0.39 is 6.36 Å². The van der Waals surface area contributed by atoms with Gasteiger partial charge >= 0.3 is 6.36 Å². The number of ether oxygens (including phenoxy) is 1. The van der Waals surface area contributed by atoms with Gasteiger partial charge in [-0.25, -0.2) is 5.06 Å². The zero-order valence-electron chi connectivity index (χ0n) is 11.3. The van der Waals surface area contributed by atoms with Crippen LogP contribution in [0.1, 0.15) is 23.6 Å². The molecule has 2 aromatic rings. The number of fused-ring (bicyclic) bond motifs is 4. The maximum absolute atomic E-state index is 12.3. The number of hydroxylamine groups is 1. The fourth-order valence-electron chi connectivity index (χ4n) is 3.09. The highest BCUT2D eigenvalue weighted by Crippen LogP contribution is 2.45. The molecule has 2 aliphatic rings. The van der Waals surface area contributed by atoms with Crippen LogP contribution in [0, 0.1) is 0 Å². The molecule has 0 N–H and O–H groups in total. The second-order valence-corrected chi connectivity index (χ2v) is 5.40. The first-order valence-electron chi connectivity index (χ1n) is 6.86. The number of furan rings is 1. The molecule has 22 heavy (non-hydrogen) atoms. The van der Waals surface area contributed by atoms with E-state index in [0.717, 1.165) is 23.2 Å². The Hall–Kier alpha value is -2.15. The summed E-state index contributed by atoms with van der Waals surface area (Å²) >= 11 is 0. The average molecular weight is 311 g/mol. The molecular formula is C15H12F3NO3. The molecule has 4 nitrogen and oxygen atoms in total. The average Bonchev–Trinajstić information content (AvgIpc) is 3.05. The van der Waals surface area contributed by atoms with Crippen molar-refractivity contribution in [2.24, 2.45) is 0 Å². The number of benzene rings is 1. The molecule has 3 heterocycles. The minimum atomic E-state index is -4.68. The summed E-state index contributed by atoms with van der Waals surface area (Å²) in [7, 11) is 0. The predicted molar refractivity (Wildman–Crippen MR) is 70.2 cm³/mol. The molecule has 4 rings (SSSR count). The van der Waals surface area contributed by atoms with E-state index in [9.17, 15) is 13.2 Å². The van der Waals surface area contributed by atoms with Crippen LogP contribution < -0.4 is 9.80 Å². The van der Waals surface area contributed by atoms with Crippen LogP contribution in [0.15, 0.2) is 41.2 Å². The Bertz CT molecular complexity index is 684. The van der Waals surface area contributed by atoms with E-state index in [2.05, 4.69) is 4.74 Å². The lowest BCUT2D eigenvalue weighted by atomic mass is 10.0. The summed E-state index contributed by atoms with van der Waals surface area (Å²) in [5, 5.41) is 1.76. The summed E-state index contributed by atoms with van der Waals surface area (Å²) in [6.07, 6.45) is -0.139. The van der Waals surface area contributed by atoms with Crippen LogP contribution >= 0.6 is 0 Å². The van der Waals surface area contributed by atoms with Gasteiger partial charge in [0.15, 0.2) is 0 Å². The minimum absolute atomic E-state index is 0.0133. The molecule has 116 valence electrons. The number of halogens is 3. The number of hydrogen-bond acceptors (Lipinski definition) is 4. The van der Waals surface area contributed by atoms with Crippen LogP contribution in [0.25, 0.3) is 0 Å². The van der Waals surface area contributed by atoms with Crippen molar-refractivity contribution in [1.82, 2.24) is 0 Å². The quantitative estimate of drug-likeness (QED) is 0.840. The van der Waals surface area contributed by atoms with E-state index in [1.54, 1.807) is 23.7 Å². The summed E-state index contributed by atoms with van der Waals surface area (Å²) < 4.78 is 46.1. The third-order valence-electron chi connectivity index (χ3n) is 3.93. The Morgan fingerprint density at radius 3 is 2.82 bits per heavy atom. The summed E-state index contributed by atoms with van der Waals surface area (Å²) in [6, 6.07) is 6.23. The summed E-state index contributed by atoms with van der Waals surface area (Å²) in [6.45, 7) is 0. The second-order valence-electron chi connectivity index (χ2n) is 5.40. The number of nitrogens with zero attached hydrogens (tertiary/aromatic N) is 1. The van der Waals surface area contributed by atoms with E-state index in [1.807, 2.05) is 6.07 Å². The normalized spacial score (nSPS) is 23.5. The minimum Gasteiger partial charge on any atom is -0.472 e. The Morgan fingerprint density at radius 1 is 1.23 bits per heavy atom. The largest absolute Gasteiger partial charge is 0.573 e. The molecule has 0 saturated carbocycles. The highest BCUT2D eigenvalue weighted by molar-refractivity contribution is 5.58. The van der Waals surface area contributed by atoms with E-state index in [1.165, 1.54) is 12.1 Å². The van der Waals surface area contributed by atoms with E-state index >= 15 is 0 Å². The number of alkyl halides is 3. The second kappa shape index (κ2) is 4.67. The fourth-order valence-corrected chi connectivity index (χ4v) is 3.09. The van der Waals surface area contributed by atoms with Crippen LogP contribution in [0.2, 0.25) is 0 Å². The molecule has 0 aliphatic carbocycles. The van der Waals surface area contributed by atoms with Gasteiger partial charge in [0.1, 0.15) is 5.75 Å². The maximum Gasteiger partial charge on any atom is 0.573 e. The molecule has 2 atom stereocenters. The molecule has 1 aromatic heterocycles. The van der Waals surface area contributed by atoms with Crippen molar-refractivity contribution in [3.05, 3.63) is 47.9 Å². The summed E-state index contributed by atoms with van der Waals surface area (Å²) in [5.74, 6) is -0.200. The molecule has 1 fully saturated rings. The third-order valence-corrected chi connectivity index (χ3v) is 3.93. The van der Waals surface area contributed by atoms with Gasteiger partial charge in [0, 0.05) is 18.4 Å². The zero-order chi connectivity index (χ0) is 15.3. The van der Waals surface area contributed by atoms with Crippen LogP contribution in [0.4, 0.5) is 18.9 Å². The maximum atomic E-state index is 12.3. The lowest BCUT2D eigenvalue weighted by molar-refractivity contribution is -0.274. The van der Waals surface area contributed by atoms with Gasteiger partial charge in [0.05, 0.1) is 30.4 Å². The molecule has 1 saturated heterocycles. The molecule has 0 amide bonds. The van der Waals surface area contributed by atoms with Gasteiger partial charge in [-0.05, 0) is 29.8 Å². The van der Waals surface area contributed by atoms with Gasteiger partial charge in [-0.15, -0.1) is 13.2 Å². The van der Waals surface area contributed by atoms with Gasteiger partial charge in [-0.3, -0.25) is 4.84 Å². The van der Waals surface area contributed by atoms with Crippen molar-refractivity contribution in [2.45, 2.75) is 31.3 Å². The highest BCUT2D eigenvalue weighted by Gasteiger charge is 2.41. The standard InChI is InChI=1S/C15H12F3NO3/c16-15(17,18)21-11-1-2-13-10(5-11)6-12-7-14(19(13)22-12)9-3-4-20-8-9/h1-5,8,12,14H,6-7H2/t12-,14+/m1/s1. The first-order valence-corrected chi connectivity index (χ1v) is 6.86. The Labute approximate surface area is 124 Å². The van der Waals surface area contributed by atoms with E-state index in [0.29, 0.717) is 6.42 Å². The van der Waals surface area contributed by atoms with E-state index in [-0.39, 0.29) is 17.9 Å². The third kappa shape index (κ3) is 2.31. The van der Waals surface area contributed by atoms with Crippen molar-refractivity contribution >= 4 is 5.69 Å². The van der Waals surface area contributed by atoms with Crippen LogP contribution in [0.3, 0.4) is 0 Å². The summed E-state index contributed by atoms with van der Waals surface area (Å²) in [4.78, 5) is 5.83. The molecule has 0 radical (unpaired) electrons. The van der Waals surface area contributed by atoms with Gasteiger partial charge < -0.3 is 9.15 Å². The van der Waals surface area contributed by atoms with Gasteiger partial charge in [0.2, 0.25) is 0 Å². The number of hydrogen-bond donors (Lipinski definition) is 0. The topological polar surface area (TPSA) is 34.8 Å². The van der Waals surface area contributed by atoms with Crippen molar-refractivity contribution in [3.8, 4) is 5.75 Å². The smallest absolute Gasteiger partial charge is 0.472 e. The Balaban J connectivity index is 1.66. The van der Waals surface area contributed by atoms with Gasteiger partial charge in [-0.2, -0.15) is 0 Å². The van der Waals surface area contributed by atoms with Gasteiger partial charge in [0.25, 0.3) is 0 Å². The van der Waals surface area contributed by atoms with Crippen molar-refractivity contribution in [3.63, 3.8) is 0 Å². The molecule has 1 aromatic carbocycles. The first kappa shape index (κ1) is 13.5. The SMILES string of the molecule is FC(F)(F)Oc1ccc2c(c1)C[C@@H]1C[C@@H](c3ccoc3)N2O1. The first-order chi connectivity index (χ1) is 10.5. The van der Waals surface area contributed by atoms with E-state index in [4.69, 9.17) is 9.25 Å². The highest BCUT2D eigenvalue weighted by atomic mass is 19.4. The molecule has 0 unspecified atom stereocenters. The molecule has 2 bridgehead atoms. The van der Waals surface area contributed by atoms with Gasteiger partial charge in [-0.1, -0.05) is 0 Å². The predicted octanol–water partition coefficient (Wildman–Crippen LogP) is 3.99. The van der Waals surface area contributed by atoms with Crippen LogP contribution in [-0.2, 0) is 11.3 Å². The van der Waals surface area contributed by atoms with Crippen molar-refractivity contribution in [1.29, 1.82) is 0 Å². The van der Waals surface area contributed by atoms with Crippen LogP contribution in [0.5, 0.6) is 5.75 Å². The lowest BCUT2D eigenvalue weighted by Crippen LogP contribution is -2.27. The molecule has 0 spiro atoms.